The van der Waals surface area contributed by atoms with E-state index in [9.17, 15) is 4.79 Å². The molecule has 0 aliphatic rings. The Morgan fingerprint density at radius 3 is 2.15 bits per heavy atom. The van der Waals surface area contributed by atoms with Gasteiger partial charge in [-0.3, -0.25) is 0 Å². The summed E-state index contributed by atoms with van der Waals surface area (Å²) >= 11 is 0. The average Bonchev–Trinajstić information content (AvgIpc) is 2.58. The van der Waals surface area contributed by atoms with Crippen molar-refractivity contribution in [3.63, 3.8) is 0 Å². The minimum atomic E-state index is -1.95. The third kappa shape index (κ3) is 6.52. The van der Waals surface area contributed by atoms with Crippen molar-refractivity contribution in [2.24, 2.45) is 11.8 Å². The maximum Gasteiger partial charge on any atom is 0.192 e. The van der Waals surface area contributed by atoms with Crippen LogP contribution in [0.25, 0.3) is 0 Å². The molecule has 0 fully saturated rings. The lowest BCUT2D eigenvalue weighted by atomic mass is 9.95. The largest absolute Gasteiger partial charge is 0.497 e. The first kappa shape index (κ1) is 22.9. The summed E-state index contributed by atoms with van der Waals surface area (Å²) in [5, 5.41) is 0.109. The van der Waals surface area contributed by atoms with Gasteiger partial charge in [-0.2, -0.15) is 0 Å². The van der Waals surface area contributed by atoms with Gasteiger partial charge in [-0.25, -0.2) is 0 Å². The molecule has 1 aromatic rings. The number of carbonyl (C=O) groups excluding carboxylic acids is 1. The van der Waals surface area contributed by atoms with E-state index in [-0.39, 0.29) is 23.0 Å². The molecule has 0 saturated heterocycles. The summed E-state index contributed by atoms with van der Waals surface area (Å²) < 4.78 is 17.6. The lowest BCUT2D eigenvalue weighted by molar-refractivity contribution is -0.114. The number of methoxy groups -OCH3 is 1. The van der Waals surface area contributed by atoms with Crippen molar-refractivity contribution in [2.75, 3.05) is 13.7 Å². The molecule has 0 heterocycles. The maximum atomic E-state index is 11.4. The molecule has 0 radical (unpaired) electrons. The highest BCUT2D eigenvalue weighted by atomic mass is 28.4. The van der Waals surface area contributed by atoms with Crippen LogP contribution in [-0.4, -0.2) is 34.4 Å². The van der Waals surface area contributed by atoms with E-state index < -0.39 is 8.32 Å². The molecule has 0 amide bonds. The van der Waals surface area contributed by atoms with Gasteiger partial charge in [-0.05, 0) is 35.8 Å². The molecule has 0 saturated carbocycles. The lowest BCUT2D eigenvalue weighted by Crippen LogP contribution is -2.48. The molecule has 5 heteroatoms. The Morgan fingerprint density at radius 2 is 1.69 bits per heavy atom. The molecule has 0 unspecified atom stereocenters. The zero-order chi connectivity index (χ0) is 20.0. The van der Waals surface area contributed by atoms with Crippen molar-refractivity contribution in [1.82, 2.24) is 0 Å². The molecule has 0 spiro atoms. The van der Waals surface area contributed by atoms with Gasteiger partial charge in [0.25, 0.3) is 0 Å². The zero-order valence-corrected chi connectivity index (χ0v) is 18.7. The molecule has 26 heavy (non-hydrogen) atoms. The Labute approximate surface area is 160 Å². The fraction of sp³-hybridized carbons (Fsp3) is 0.667. The first-order valence-electron chi connectivity index (χ1n) is 9.35. The molecule has 3 atom stereocenters. The third-order valence-electron chi connectivity index (χ3n) is 5.34. The highest BCUT2D eigenvalue weighted by Crippen LogP contribution is 2.39. The molecule has 1 rings (SSSR count). The quantitative estimate of drug-likeness (QED) is 0.420. The SMILES string of the molecule is COc1ccc(COC[C@H](C)[C@@H](O[Si](C)(C)C(C)(C)C)[C@H](C)C=O)cc1. The van der Waals surface area contributed by atoms with Crippen molar-refractivity contribution in [1.29, 1.82) is 0 Å². The van der Waals surface area contributed by atoms with E-state index in [4.69, 9.17) is 13.9 Å². The summed E-state index contributed by atoms with van der Waals surface area (Å²) in [5.74, 6) is 0.830. The molecule has 0 N–H and O–H groups in total. The fourth-order valence-corrected chi connectivity index (χ4v) is 4.00. The number of aldehydes is 1. The van der Waals surface area contributed by atoms with E-state index in [1.165, 1.54) is 0 Å². The molecule has 1 aromatic carbocycles. The van der Waals surface area contributed by atoms with Crippen molar-refractivity contribution in [2.45, 2.75) is 65.5 Å². The van der Waals surface area contributed by atoms with Crippen LogP contribution in [0.4, 0.5) is 0 Å². The van der Waals surface area contributed by atoms with Crippen molar-refractivity contribution >= 4 is 14.6 Å². The summed E-state index contributed by atoms with van der Waals surface area (Å²) in [5.41, 5.74) is 1.10. The Hall–Kier alpha value is -1.17. The number of rotatable bonds is 10. The van der Waals surface area contributed by atoms with E-state index in [1.807, 2.05) is 31.2 Å². The lowest BCUT2D eigenvalue weighted by Gasteiger charge is -2.42. The van der Waals surface area contributed by atoms with Crippen LogP contribution < -0.4 is 4.74 Å². The van der Waals surface area contributed by atoms with E-state index in [0.29, 0.717) is 13.2 Å². The van der Waals surface area contributed by atoms with Crippen LogP contribution >= 0.6 is 0 Å². The third-order valence-corrected chi connectivity index (χ3v) is 9.81. The number of carbonyl (C=O) groups is 1. The van der Waals surface area contributed by atoms with Gasteiger partial charge in [-0.15, -0.1) is 0 Å². The molecule has 4 nitrogen and oxygen atoms in total. The summed E-state index contributed by atoms with van der Waals surface area (Å²) in [4.78, 5) is 11.4. The van der Waals surface area contributed by atoms with E-state index in [2.05, 4.69) is 40.8 Å². The van der Waals surface area contributed by atoms with Gasteiger partial charge in [-0.1, -0.05) is 46.8 Å². The van der Waals surface area contributed by atoms with Gasteiger partial charge in [0, 0.05) is 11.8 Å². The maximum absolute atomic E-state index is 11.4. The van der Waals surface area contributed by atoms with Crippen molar-refractivity contribution < 1.29 is 18.7 Å². The van der Waals surface area contributed by atoms with Crippen LogP contribution in [-0.2, 0) is 20.6 Å². The Bertz CT molecular complexity index is 548. The van der Waals surface area contributed by atoms with Gasteiger partial charge in [0.15, 0.2) is 8.32 Å². The van der Waals surface area contributed by atoms with Crippen LogP contribution in [0, 0.1) is 11.8 Å². The standard InChI is InChI=1S/C21H36O4Si/c1-16(13-22)20(25-26(7,8)21(3,4)5)17(2)14-24-15-18-9-11-19(23-6)12-10-18/h9-13,16-17,20H,14-15H2,1-8H3/t16-,17+,20+/m1/s1. The first-order chi connectivity index (χ1) is 12.0. The summed E-state index contributed by atoms with van der Waals surface area (Å²) in [7, 11) is -0.295. The highest BCUT2D eigenvalue weighted by molar-refractivity contribution is 6.74. The fourth-order valence-electron chi connectivity index (χ4n) is 2.52. The van der Waals surface area contributed by atoms with E-state index in [1.54, 1.807) is 7.11 Å². The Balaban J connectivity index is 2.68. The molecular weight excluding hydrogens is 344 g/mol. The van der Waals surface area contributed by atoms with Gasteiger partial charge in [0.1, 0.15) is 12.0 Å². The van der Waals surface area contributed by atoms with Gasteiger partial charge in [0.05, 0.1) is 26.4 Å². The Kier molecular flexibility index (Phi) is 8.51. The van der Waals surface area contributed by atoms with Crippen LogP contribution in [0.3, 0.4) is 0 Å². The van der Waals surface area contributed by atoms with Crippen LogP contribution in [0.15, 0.2) is 24.3 Å². The highest BCUT2D eigenvalue weighted by Gasteiger charge is 2.41. The van der Waals surface area contributed by atoms with Gasteiger partial charge >= 0.3 is 0 Å². The molecule has 0 bridgehead atoms. The summed E-state index contributed by atoms with van der Waals surface area (Å²) in [6.45, 7) is 16.2. The smallest absolute Gasteiger partial charge is 0.192 e. The number of hydrogen-bond acceptors (Lipinski definition) is 4. The van der Waals surface area contributed by atoms with Crippen molar-refractivity contribution in [3.05, 3.63) is 29.8 Å². The molecule has 148 valence electrons. The molecule has 0 aliphatic heterocycles. The molecule has 0 aromatic heterocycles. The monoisotopic (exact) mass is 380 g/mol. The summed E-state index contributed by atoms with van der Waals surface area (Å²) in [6.07, 6.45) is 0.877. The van der Waals surface area contributed by atoms with Gasteiger partial charge in [0.2, 0.25) is 0 Å². The number of ether oxygens (including phenoxy) is 2. The second kappa shape index (κ2) is 9.67. The second-order valence-electron chi connectivity index (χ2n) is 8.68. The van der Waals surface area contributed by atoms with Crippen LogP contribution in [0.2, 0.25) is 18.1 Å². The van der Waals surface area contributed by atoms with Gasteiger partial charge < -0.3 is 18.7 Å². The predicted molar refractivity (Wildman–Crippen MR) is 109 cm³/mol. The predicted octanol–water partition coefficient (Wildman–Crippen LogP) is 5.07. The minimum absolute atomic E-state index is 0.109. The molecular formula is C21H36O4Si. The number of benzene rings is 1. The zero-order valence-electron chi connectivity index (χ0n) is 17.7. The normalized spacial score (nSPS) is 16.0. The van der Waals surface area contributed by atoms with Crippen LogP contribution in [0.1, 0.15) is 40.2 Å². The van der Waals surface area contributed by atoms with E-state index >= 15 is 0 Å². The topological polar surface area (TPSA) is 44.8 Å². The molecule has 0 aliphatic carbocycles. The van der Waals surface area contributed by atoms with Crippen LogP contribution in [0.5, 0.6) is 5.75 Å². The minimum Gasteiger partial charge on any atom is -0.497 e. The Morgan fingerprint density at radius 1 is 1.12 bits per heavy atom. The first-order valence-corrected chi connectivity index (χ1v) is 12.3. The van der Waals surface area contributed by atoms with Crippen molar-refractivity contribution in [3.8, 4) is 5.75 Å². The number of hydrogen-bond donors (Lipinski definition) is 0. The second-order valence-corrected chi connectivity index (χ2v) is 13.4. The summed E-state index contributed by atoms with van der Waals surface area (Å²) in [6, 6.07) is 7.86. The van der Waals surface area contributed by atoms with E-state index in [0.717, 1.165) is 17.6 Å². The average molecular weight is 381 g/mol.